The van der Waals surface area contributed by atoms with Crippen LogP contribution >= 0.6 is 11.3 Å². The highest BCUT2D eigenvalue weighted by Crippen LogP contribution is 2.38. The summed E-state index contributed by atoms with van der Waals surface area (Å²) in [6, 6.07) is 18.4. The van der Waals surface area contributed by atoms with Crippen molar-refractivity contribution in [1.82, 2.24) is 4.57 Å². The van der Waals surface area contributed by atoms with Gasteiger partial charge in [0.2, 0.25) is 6.79 Å². The molecule has 3 aromatic carbocycles. The Morgan fingerprint density at radius 1 is 1.07 bits per heavy atom. The molecule has 4 aromatic rings. The van der Waals surface area contributed by atoms with Crippen LogP contribution in [-0.2, 0) is 16.1 Å². The minimum atomic E-state index is -0.978. The molecule has 6 rings (SSSR count). The Balaban J connectivity index is 1.31. The van der Waals surface area contributed by atoms with Crippen molar-refractivity contribution in [2.45, 2.75) is 26.5 Å². The molecule has 0 unspecified atom stereocenters. The van der Waals surface area contributed by atoms with Crippen LogP contribution in [0, 0.1) is 0 Å². The fourth-order valence-corrected chi connectivity index (χ4v) is 5.96. The summed E-state index contributed by atoms with van der Waals surface area (Å²) in [5.74, 6) is 0.246. The summed E-state index contributed by atoms with van der Waals surface area (Å²) in [5.41, 5.74) is 2.99. The SMILES string of the molecule is CCOC(=O)C1=C(C)N=c2s/c(=C/c3ccc(OCc4ccc(C(=O)O)cc4)cc3)c(=O)n2[C@@H]1c1ccc2c(c1)OCO2. The van der Waals surface area contributed by atoms with Crippen molar-refractivity contribution < 1.29 is 33.6 Å². The van der Waals surface area contributed by atoms with Crippen molar-refractivity contribution in [1.29, 1.82) is 0 Å². The maximum absolute atomic E-state index is 13.9. The van der Waals surface area contributed by atoms with Gasteiger partial charge in [0.1, 0.15) is 12.4 Å². The highest BCUT2D eigenvalue weighted by molar-refractivity contribution is 7.07. The largest absolute Gasteiger partial charge is 0.489 e. The maximum Gasteiger partial charge on any atom is 0.338 e. The van der Waals surface area contributed by atoms with E-state index in [1.807, 2.05) is 18.2 Å². The summed E-state index contributed by atoms with van der Waals surface area (Å²) in [7, 11) is 0. The lowest BCUT2D eigenvalue weighted by Crippen LogP contribution is -2.39. The molecular weight excluding hydrogens is 572 g/mol. The van der Waals surface area contributed by atoms with E-state index in [0.29, 0.717) is 43.4 Å². The lowest BCUT2D eigenvalue weighted by atomic mass is 9.95. The lowest BCUT2D eigenvalue weighted by molar-refractivity contribution is -0.139. The van der Waals surface area contributed by atoms with Crippen LogP contribution in [0.3, 0.4) is 0 Å². The third-order valence-corrected chi connectivity index (χ3v) is 8.00. The zero-order chi connectivity index (χ0) is 30.1. The Bertz CT molecular complexity index is 1940. The highest BCUT2D eigenvalue weighted by atomic mass is 32.1. The number of carbonyl (C=O) groups excluding carboxylic acids is 1. The number of allylic oxidation sites excluding steroid dienone is 1. The van der Waals surface area contributed by atoms with Gasteiger partial charge in [0.05, 0.1) is 34.0 Å². The Morgan fingerprint density at radius 3 is 2.53 bits per heavy atom. The number of carboxylic acid groups (broad SMARTS) is 1. The van der Waals surface area contributed by atoms with E-state index in [9.17, 15) is 14.4 Å². The molecule has 0 radical (unpaired) electrons. The number of fused-ring (bicyclic) bond motifs is 2. The third kappa shape index (κ3) is 5.54. The van der Waals surface area contributed by atoms with Crippen molar-refractivity contribution in [2.24, 2.45) is 4.99 Å². The average Bonchev–Trinajstić information content (AvgIpc) is 3.59. The second kappa shape index (κ2) is 11.6. The number of nitrogens with zero attached hydrogens (tertiary/aromatic N) is 2. The number of hydrogen-bond acceptors (Lipinski definition) is 9. The zero-order valence-corrected chi connectivity index (χ0v) is 24.1. The summed E-state index contributed by atoms with van der Waals surface area (Å²) in [6.45, 7) is 4.03. The van der Waals surface area contributed by atoms with E-state index in [1.165, 1.54) is 28.0 Å². The first-order valence-electron chi connectivity index (χ1n) is 13.5. The van der Waals surface area contributed by atoms with Gasteiger partial charge < -0.3 is 24.1 Å². The van der Waals surface area contributed by atoms with Crippen LogP contribution < -0.4 is 29.1 Å². The summed E-state index contributed by atoms with van der Waals surface area (Å²) in [5, 5.41) is 9.05. The van der Waals surface area contributed by atoms with Crippen LogP contribution in [0.4, 0.5) is 0 Å². The van der Waals surface area contributed by atoms with Gasteiger partial charge in [0.15, 0.2) is 16.3 Å². The van der Waals surface area contributed by atoms with Gasteiger partial charge in [0.25, 0.3) is 5.56 Å². The summed E-state index contributed by atoms with van der Waals surface area (Å²) < 4.78 is 24.2. The molecule has 1 atom stereocenters. The molecular formula is C32H26N2O8S. The van der Waals surface area contributed by atoms with E-state index in [2.05, 4.69) is 4.99 Å². The minimum absolute atomic E-state index is 0.102. The predicted molar refractivity (Wildman–Crippen MR) is 157 cm³/mol. The number of hydrogen-bond donors (Lipinski definition) is 1. The summed E-state index contributed by atoms with van der Waals surface area (Å²) in [4.78, 5) is 43.1. The molecule has 10 nitrogen and oxygen atoms in total. The molecule has 218 valence electrons. The molecule has 43 heavy (non-hydrogen) atoms. The topological polar surface area (TPSA) is 126 Å². The van der Waals surface area contributed by atoms with E-state index < -0.39 is 18.0 Å². The van der Waals surface area contributed by atoms with Crippen LogP contribution in [0.1, 0.15) is 46.9 Å². The molecule has 0 aliphatic carbocycles. The Hall–Kier alpha value is -5.16. The van der Waals surface area contributed by atoms with Crippen molar-refractivity contribution in [3.8, 4) is 17.2 Å². The zero-order valence-electron chi connectivity index (χ0n) is 23.2. The van der Waals surface area contributed by atoms with Crippen LogP contribution in [0.15, 0.2) is 87.8 Å². The lowest BCUT2D eigenvalue weighted by Gasteiger charge is -2.24. The minimum Gasteiger partial charge on any atom is -0.489 e. The fourth-order valence-electron chi connectivity index (χ4n) is 4.91. The predicted octanol–water partition coefficient (Wildman–Crippen LogP) is 3.80. The Morgan fingerprint density at radius 2 is 1.81 bits per heavy atom. The number of ether oxygens (including phenoxy) is 4. The second-order valence-electron chi connectivity index (χ2n) is 9.77. The molecule has 2 aliphatic rings. The molecule has 3 heterocycles. The third-order valence-electron chi connectivity index (χ3n) is 7.01. The number of thiazole rings is 1. The van der Waals surface area contributed by atoms with E-state index in [4.69, 9.17) is 24.1 Å². The van der Waals surface area contributed by atoms with E-state index in [-0.39, 0.29) is 31.1 Å². The van der Waals surface area contributed by atoms with Gasteiger partial charge in [0, 0.05) is 0 Å². The van der Waals surface area contributed by atoms with E-state index >= 15 is 0 Å². The summed E-state index contributed by atoms with van der Waals surface area (Å²) >= 11 is 1.24. The Labute approximate surface area is 249 Å². The van der Waals surface area contributed by atoms with Gasteiger partial charge in [-0.05, 0) is 73.0 Å². The molecule has 0 spiro atoms. The van der Waals surface area contributed by atoms with Crippen LogP contribution in [0.2, 0.25) is 0 Å². The standard InChI is InChI=1S/C32H26N2O8S/c1-3-39-31(38)27-18(2)33-32-34(28(27)22-10-13-24-25(15-22)42-17-41-24)29(35)26(43-32)14-19-6-11-23(12-7-19)40-16-20-4-8-21(9-5-20)30(36)37/h4-15,28H,3,16-17H2,1-2H3,(H,36,37)/b26-14+/t28-/m1/s1. The second-order valence-corrected chi connectivity index (χ2v) is 10.8. The number of carbonyl (C=O) groups is 2. The fraction of sp³-hybridized carbons (Fsp3) is 0.188. The van der Waals surface area contributed by atoms with Gasteiger partial charge >= 0.3 is 11.9 Å². The van der Waals surface area contributed by atoms with Gasteiger partial charge in [-0.2, -0.15) is 0 Å². The van der Waals surface area contributed by atoms with E-state index in [1.54, 1.807) is 56.3 Å². The molecule has 1 aromatic heterocycles. The molecule has 0 bridgehead atoms. The molecule has 0 saturated heterocycles. The van der Waals surface area contributed by atoms with Crippen LogP contribution in [0.25, 0.3) is 6.08 Å². The van der Waals surface area contributed by atoms with Crippen molar-refractivity contribution in [3.63, 3.8) is 0 Å². The molecule has 0 fully saturated rings. The first-order valence-corrected chi connectivity index (χ1v) is 14.3. The molecule has 2 aliphatic heterocycles. The van der Waals surface area contributed by atoms with Gasteiger partial charge in [-0.3, -0.25) is 9.36 Å². The van der Waals surface area contributed by atoms with Gasteiger partial charge in [-0.15, -0.1) is 0 Å². The number of esters is 1. The molecule has 11 heteroatoms. The number of aromatic carboxylic acids is 1. The molecule has 0 saturated carbocycles. The molecule has 0 amide bonds. The first-order chi connectivity index (χ1) is 20.8. The molecule has 1 N–H and O–H groups in total. The first kappa shape index (κ1) is 28.0. The average molecular weight is 599 g/mol. The number of aromatic nitrogens is 1. The van der Waals surface area contributed by atoms with Gasteiger partial charge in [-0.1, -0.05) is 41.7 Å². The summed E-state index contributed by atoms with van der Waals surface area (Å²) in [6.07, 6.45) is 1.78. The number of rotatable bonds is 8. The van der Waals surface area contributed by atoms with Crippen molar-refractivity contribution in [3.05, 3.63) is 120 Å². The highest BCUT2D eigenvalue weighted by Gasteiger charge is 2.34. The smallest absolute Gasteiger partial charge is 0.338 e. The van der Waals surface area contributed by atoms with E-state index in [0.717, 1.165) is 11.1 Å². The monoisotopic (exact) mass is 598 g/mol. The number of carboxylic acids is 1. The number of benzene rings is 3. The normalized spacial score (nSPS) is 15.6. The Kier molecular flexibility index (Phi) is 7.56. The quantitative estimate of drug-likeness (QED) is 0.304. The maximum atomic E-state index is 13.9. The van der Waals surface area contributed by atoms with Crippen molar-refractivity contribution in [2.75, 3.05) is 13.4 Å². The van der Waals surface area contributed by atoms with Crippen LogP contribution in [-0.4, -0.2) is 35.0 Å². The van der Waals surface area contributed by atoms with Crippen LogP contribution in [0.5, 0.6) is 17.2 Å². The van der Waals surface area contributed by atoms with Gasteiger partial charge in [-0.25, -0.2) is 14.6 Å². The van der Waals surface area contributed by atoms with Crippen molar-refractivity contribution >= 4 is 29.4 Å².